The maximum absolute atomic E-state index is 12.8. The first-order valence-electron chi connectivity index (χ1n) is 7.47. The number of nitrogens with one attached hydrogen (secondary N) is 2. The molecule has 2 rings (SSSR count). The van der Waals surface area contributed by atoms with E-state index in [4.69, 9.17) is 0 Å². The number of Topliss-reactive ketones (excluding diaryl/α,β-unsaturated/α-hetero) is 1. The molecule has 0 aliphatic carbocycles. The van der Waals surface area contributed by atoms with E-state index in [2.05, 4.69) is 10.9 Å². The predicted octanol–water partition coefficient (Wildman–Crippen LogP) is 0.798. The molecule has 2 N–H and O–H groups in total. The van der Waals surface area contributed by atoms with Crippen LogP contribution >= 0.6 is 0 Å². The number of hydrogen-bond donors (Lipinski definition) is 2. The molecule has 8 heteroatoms. The quantitative estimate of drug-likeness (QED) is 0.598. The van der Waals surface area contributed by atoms with Gasteiger partial charge in [0.05, 0.1) is 0 Å². The van der Waals surface area contributed by atoms with Gasteiger partial charge in [-0.25, -0.2) is 4.39 Å². The minimum Gasteiger partial charge on any atom is -0.306 e. The van der Waals surface area contributed by atoms with Gasteiger partial charge in [-0.2, -0.15) is 0 Å². The summed E-state index contributed by atoms with van der Waals surface area (Å²) in [7, 11) is 0. The van der Waals surface area contributed by atoms with Crippen molar-refractivity contribution in [2.24, 2.45) is 0 Å². The first-order valence-corrected chi connectivity index (χ1v) is 7.47. The smallest absolute Gasteiger partial charge is 0.258 e. The number of nitrogens with zero attached hydrogens (tertiary/aromatic N) is 1. The van der Waals surface area contributed by atoms with Crippen molar-refractivity contribution < 1.29 is 18.8 Å². The Bertz CT molecular complexity index is 830. The average Bonchev–Trinajstić information content (AvgIpc) is 2.60. The highest BCUT2D eigenvalue weighted by atomic mass is 19.1. The van der Waals surface area contributed by atoms with Gasteiger partial charge in [0.15, 0.2) is 5.78 Å². The van der Waals surface area contributed by atoms with Crippen LogP contribution in [0.1, 0.15) is 23.2 Å². The normalized spacial score (nSPS) is 10.1. The van der Waals surface area contributed by atoms with Crippen LogP contribution in [0.25, 0.3) is 0 Å². The number of carbonyl (C=O) groups excluding carboxylic acids is 3. The Kier molecular flexibility index (Phi) is 6.16. The molecule has 0 atom stereocenters. The number of halogens is 1. The molecule has 7 nitrogen and oxygen atoms in total. The van der Waals surface area contributed by atoms with Crippen molar-refractivity contribution in [1.82, 2.24) is 15.4 Å². The molecule has 0 bridgehead atoms. The van der Waals surface area contributed by atoms with Gasteiger partial charge < -0.3 is 4.57 Å². The van der Waals surface area contributed by atoms with E-state index in [9.17, 15) is 23.6 Å². The summed E-state index contributed by atoms with van der Waals surface area (Å²) >= 11 is 0. The number of aromatic nitrogens is 1. The molecule has 2 aromatic rings. The van der Waals surface area contributed by atoms with Crippen molar-refractivity contribution in [3.8, 4) is 0 Å². The zero-order valence-corrected chi connectivity index (χ0v) is 13.2. The molecule has 2 amide bonds. The fourth-order valence-corrected chi connectivity index (χ4v) is 1.99. The fourth-order valence-electron chi connectivity index (χ4n) is 1.99. The van der Waals surface area contributed by atoms with Gasteiger partial charge in [-0.1, -0.05) is 6.07 Å². The molecular formula is C17H16FN3O4. The summed E-state index contributed by atoms with van der Waals surface area (Å²) in [6.45, 7) is -0.242. The molecule has 0 radical (unpaired) electrons. The number of ketones is 1. The lowest BCUT2D eigenvalue weighted by Crippen LogP contribution is -2.44. The minimum atomic E-state index is -0.577. The molecule has 0 aliphatic heterocycles. The van der Waals surface area contributed by atoms with Gasteiger partial charge in [-0.05, 0) is 30.3 Å². The van der Waals surface area contributed by atoms with Crippen molar-refractivity contribution in [3.05, 3.63) is 70.4 Å². The van der Waals surface area contributed by atoms with E-state index in [1.165, 1.54) is 41.1 Å². The van der Waals surface area contributed by atoms with Crippen LogP contribution in [0.15, 0.2) is 53.5 Å². The summed E-state index contributed by atoms with van der Waals surface area (Å²) in [6, 6.07) is 9.49. The van der Waals surface area contributed by atoms with Crippen molar-refractivity contribution in [1.29, 1.82) is 0 Å². The summed E-state index contributed by atoms with van der Waals surface area (Å²) in [6.07, 6.45) is 1.23. The van der Waals surface area contributed by atoms with Crippen LogP contribution in [-0.4, -0.2) is 22.2 Å². The maximum atomic E-state index is 12.8. The molecule has 0 unspecified atom stereocenters. The monoisotopic (exact) mass is 345 g/mol. The molecule has 25 heavy (non-hydrogen) atoms. The third-order valence-electron chi connectivity index (χ3n) is 3.30. The summed E-state index contributed by atoms with van der Waals surface area (Å²) in [4.78, 5) is 46.6. The van der Waals surface area contributed by atoms with Crippen LogP contribution < -0.4 is 16.4 Å². The molecule has 0 saturated carbocycles. The van der Waals surface area contributed by atoms with E-state index in [1.807, 2.05) is 0 Å². The second kappa shape index (κ2) is 8.53. The number of rotatable bonds is 6. The van der Waals surface area contributed by atoms with Gasteiger partial charge in [0.2, 0.25) is 5.91 Å². The maximum Gasteiger partial charge on any atom is 0.258 e. The molecule has 0 fully saturated rings. The Morgan fingerprint density at radius 1 is 0.920 bits per heavy atom. The van der Waals surface area contributed by atoms with Crippen molar-refractivity contribution in [3.63, 3.8) is 0 Å². The van der Waals surface area contributed by atoms with Crippen LogP contribution in [0.2, 0.25) is 0 Å². The number of hydrazine groups is 1. The predicted molar refractivity (Wildman–Crippen MR) is 87.0 cm³/mol. The zero-order valence-electron chi connectivity index (χ0n) is 13.2. The number of amides is 2. The number of carbonyl (C=O) groups is 3. The second-order valence-corrected chi connectivity index (χ2v) is 5.19. The fraction of sp³-hybridized carbons (Fsp3) is 0.176. The molecule has 1 aromatic heterocycles. The first kappa shape index (κ1) is 18.1. The van der Waals surface area contributed by atoms with E-state index in [0.717, 1.165) is 0 Å². The van der Waals surface area contributed by atoms with E-state index in [0.29, 0.717) is 5.56 Å². The van der Waals surface area contributed by atoms with Gasteiger partial charge in [-0.3, -0.25) is 30.0 Å². The molecule has 0 saturated heterocycles. The van der Waals surface area contributed by atoms with Gasteiger partial charge in [0.1, 0.15) is 12.4 Å². The summed E-state index contributed by atoms with van der Waals surface area (Å²) < 4.78 is 14.0. The lowest BCUT2D eigenvalue weighted by Gasteiger charge is -2.08. The van der Waals surface area contributed by atoms with Gasteiger partial charge in [-0.15, -0.1) is 0 Å². The number of pyridine rings is 1. The highest BCUT2D eigenvalue weighted by Crippen LogP contribution is 2.07. The van der Waals surface area contributed by atoms with Crippen LogP contribution in [0.3, 0.4) is 0 Å². The Morgan fingerprint density at radius 2 is 1.60 bits per heavy atom. The van der Waals surface area contributed by atoms with Crippen LogP contribution in [-0.2, 0) is 16.1 Å². The van der Waals surface area contributed by atoms with E-state index in [-0.39, 0.29) is 30.7 Å². The van der Waals surface area contributed by atoms with Crippen LogP contribution in [0, 0.1) is 5.82 Å². The lowest BCUT2D eigenvalue weighted by atomic mass is 10.1. The van der Waals surface area contributed by atoms with Gasteiger partial charge in [0, 0.05) is 30.7 Å². The second-order valence-electron chi connectivity index (χ2n) is 5.19. The van der Waals surface area contributed by atoms with E-state index >= 15 is 0 Å². The topological polar surface area (TPSA) is 97.3 Å². The SMILES string of the molecule is O=C(CCC(=O)c1ccc(F)cc1)NNC(=O)Cn1ccccc1=O. The van der Waals surface area contributed by atoms with Crippen molar-refractivity contribution in [2.75, 3.05) is 0 Å². The Balaban J connectivity index is 1.74. The molecule has 130 valence electrons. The summed E-state index contributed by atoms with van der Waals surface area (Å²) in [5, 5.41) is 0. The van der Waals surface area contributed by atoms with Crippen molar-refractivity contribution in [2.45, 2.75) is 19.4 Å². The number of hydrogen-bond acceptors (Lipinski definition) is 4. The largest absolute Gasteiger partial charge is 0.306 e. The Hall–Kier alpha value is -3.29. The molecule has 1 heterocycles. The summed E-state index contributed by atoms with van der Waals surface area (Å²) in [5.41, 5.74) is 4.31. The minimum absolute atomic E-state index is 0.0779. The first-order chi connectivity index (χ1) is 12.0. The Labute approximate surface area is 142 Å². The zero-order chi connectivity index (χ0) is 18.2. The summed E-state index contributed by atoms with van der Waals surface area (Å²) in [5.74, 6) is -1.89. The van der Waals surface area contributed by atoms with Crippen molar-refractivity contribution >= 4 is 17.6 Å². The van der Waals surface area contributed by atoms with Crippen LogP contribution in [0.4, 0.5) is 4.39 Å². The molecular weight excluding hydrogens is 329 g/mol. The third-order valence-corrected chi connectivity index (χ3v) is 3.30. The Morgan fingerprint density at radius 3 is 2.28 bits per heavy atom. The molecule has 1 aromatic carbocycles. The third kappa shape index (κ3) is 5.69. The van der Waals surface area contributed by atoms with E-state index < -0.39 is 17.6 Å². The van der Waals surface area contributed by atoms with Gasteiger partial charge >= 0.3 is 0 Å². The number of benzene rings is 1. The van der Waals surface area contributed by atoms with E-state index in [1.54, 1.807) is 12.1 Å². The highest BCUT2D eigenvalue weighted by molar-refractivity contribution is 5.98. The van der Waals surface area contributed by atoms with Gasteiger partial charge in [0.25, 0.3) is 11.5 Å². The average molecular weight is 345 g/mol. The standard InChI is InChI=1S/C17H16FN3O4/c18-13-6-4-12(5-7-13)14(22)8-9-15(23)19-20-16(24)11-21-10-2-1-3-17(21)25/h1-7,10H,8-9,11H2,(H,19,23)(H,20,24). The highest BCUT2D eigenvalue weighted by Gasteiger charge is 2.10. The lowest BCUT2D eigenvalue weighted by molar-refractivity contribution is -0.129. The van der Waals surface area contributed by atoms with Crippen LogP contribution in [0.5, 0.6) is 0 Å². The molecule has 0 aliphatic rings. The molecule has 0 spiro atoms.